The highest BCUT2D eigenvalue weighted by Gasteiger charge is 2.26. The van der Waals surface area contributed by atoms with E-state index in [1.54, 1.807) is 7.11 Å². The number of nitrogens with two attached hydrogens (primary N) is 1. The molecule has 0 aromatic heterocycles. The number of hydrogen-bond acceptors (Lipinski definition) is 3. The third-order valence-electron chi connectivity index (χ3n) is 3.64. The SMILES string of the molecule is CCCCSC1CCc2cc(OC)ccc2C1N. The second kappa shape index (κ2) is 6.48. The molecular weight excluding hydrogens is 242 g/mol. The van der Waals surface area contributed by atoms with Gasteiger partial charge in [-0.05, 0) is 48.3 Å². The molecule has 0 heterocycles. The van der Waals surface area contributed by atoms with E-state index in [4.69, 9.17) is 10.5 Å². The van der Waals surface area contributed by atoms with Gasteiger partial charge in [0.15, 0.2) is 0 Å². The second-order valence-corrected chi connectivity index (χ2v) is 6.24. The first-order valence-electron chi connectivity index (χ1n) is 6.80. The van der Waals surface area contributed by atoms with E-state index >= 15 is 0 Å². The van der Waals surface area contributed by atoms with Crippen LogP contribution in [0.2, 0.25) is 0 Å². The molecule has 18 heavy (non-hydrogen) atoms. The van der Waals surface area contributed by atoms with Crippen LogP contribution < -0.4 is 10.5 Å². The Balaban J connectivity index is 2.06. The zero-order chi connectivity index (χ0) is 13.0. The lowest BCUT2D eigenvalue weighted by Crippen LogP contribution is -2.29. The molecule has 2 N–H and O–H groups in total. The van der Waals surface area contributed by atoms with Crippen molar-refractivity contribution >= 4 is 11.8 Å². The van der Waals surface area contributed by atoms with Gasteiger partial charge in [-0.3, -0.25) is 0 Å². The van der Waals surface area contributed by atoms with Gasteiger partial charge in [0, 0.05) is 11.3 Å². The Labute approximate surface area is 114 Å². The maximum atomic E-state index is 6.40. The minimum Gasteiger partial charge on any atom is -0.497 e. The molecule has 1 aromatic rings. The summed E-state index contributed by atoms with van der Waals surface area (Å²) in [4.78, 5) is 0. The van der Waals surface area contributed by atoms with Gasteiger partial charge < -0.3 is 10.5 Å². The Morgan fingerprint density at radius 2 is 2.28 bits per heavy atom. The minimum absolute atomic E-state index is 0.182. The fourth-order valence-electron chi connectivity index (χ4n) is 2.49. The molecule has 3 heteroatoms. The largest absolute Gasteiger partial charge is 0.497 e. The third-order valence-corrected chi connectivity index (χ3v) is 5.12. The normalized spacial score (nSPS) is 22.6. The molecule has 2 atom stereocenters. The van der Waals surface area contributed by atoms with E-state index in [9.17, 15) is 0 Å². The third kappa shape index (κ3) is 3.01. The molecular formula is C15H23NOS. The first kappa shape index (κ1) is 13.8. The molecule has 0 radical (unpaired) electrons. The van der Waals surface area contributed by atoms with Crippen molar-refractivity contribution in [3.05, 3.63) is 29.3 Å². The van der Waals surface area contributed by atoms with E-state index < -0.39 is 0 Å². The molecule has 1 aliphatic carbocycles. The molecule has 2 rings (SSSR count). The molecule has 1 aliphatic rings. The van der Waals surface area contributed by atoms with Crippen molar-refractivity contribution in [2.75, 3.05) is 12.9 Å². The van der Waals surface area contributed by atoms with Gasteiger partial charge in [-0.1, -0.05) is 19.4 Å². The number of methoxy groups -OCH3 is 1. The fraction of sp³-hybridized carbons (Fsp3) is 0.600. The lowest BCUT2D eigenvalue weighted by atomic mass is 9.87. The van der Waals surface area contributed by atoms with Crippen LogP contribution in [0.15, 0.2) is 18.2 Å². The number of fused-ring (bicyclic) bond motifs is 1. The summed E-state index contributed by atoms with van der Waals surface area (Å²) in [6, 6.07) is 6.49. The molecule has 1 aromatic carbocycles. The lowest BCUT2D eigenvalue weighted by Gasteiger charge is -2.31. The van der Waals surface area contributed by atoms with E-state index in [-0.39, 0.29) is 6.04 Å². The fourth-order valence-corrected chi connectivity index (χ4v) is 3.89. The second-order valence-electron chi connectivity index (χ2n) is 4.89. The summed E-state index contributed by atoms with van der Waals surface area (Å²) in [6.07, 6.45) is 4.88. The molecule has 100 valence electrons. The van der Waals surface area contributed by atoms with Crippen molar-refractivity contribution < 1.29 is 4.74 Å². The zero-order valence-corrected chi connectivity index (χ0v) is 12.1. The quantitative estimate of drug-likeness (QED) is 0.827. The van der Waals surface area contributed by atoms with Crippen LogP contribution in [-0.4, -0.2) is 18.1 Å². The van der Waals surface area contributed by atoms with E-state index in [2.05, 4.69) is 19.1 Å². The van der Waals surface area contributed by atoms with Crippen LogP contribution in [0, 0.1) is 0 Å². The molecule has 2 unspecified atom stereocenters. The number of benzene rings is 1. The van der Waals surface area contributed by atoms with Crippen molar-refractivity contribution in [3.8, 4) is 5.75 Å². The van der Waals surface area contributed by atoms with Gasteiger partial charge in [0.25, 0.3) is 0 Å². The van der Waals surface area contributed by atoms with Crippen molar-refractivity contribution in [3.63, 3.8) is 0 Å². The molecule has 2 nitrogen and oxygen atoms in total. The van der Waals surface area contributed by atoms with Gasteiger partial charge in [0.1, 0.15) is 5.75 Å². The topological polar surface area (TPSA) is 35.2 Å². The number of aryl methyl sites for hydroxylation is 1. The Morgan fingerprint density at radius 3 is 3.00 bits per heavy atom. The highest BCUT2D eigenvalue weighted by Crippen LogP contribution is 2.37. The smallest absolute Gasteiger partial charge is 0.119 e. The predicted molar refractivity (Wildman–Crippen MR) is 79.4 cm³/mol. The van der Waals surface area contributed by atoms with Crippen molar-refractivity contribution in [2.24, 2.45) is 5.73 Å². The highest BCUT2D eigenvalue weighted by molar-refractivity contribution is 7.99. The summed E-state index contributed by atoms with van der Waals surface area (Å²) in [7, 11) is 1.72. The number of unbranched alkanes of at least 4 members (excludes halogenated alkanes) is 1. The number of thioether (sulfide) groups is 1. The van der Waals surface area contributed by atoms with Crippen LogP contribution in [0.5, 0.6) is 5.75 Å². The summed E-state index contributed by atoms with van der Waals surface area (Å²) in [6.45, 7) is 2.24. The van der Waals surface area contributed by atoms with Crippen LogP contribution in [0.4, 0.5) is 0 Å². The standard InChI is InChI=1S/C15H23NOS/c1-3-4-9-18-14-8-5-11-10-12(17-2)6-7-13(11)15(14)16/h6-7,10,14-15H,3-5,8-9,16H2,1-2H3. The summed E-state index contributed by atoms with van der Waals surface area (Å²) < 4.78 is 5.28. The molecule has 0 bridgehead atoms. The van der Waals surface area contributed by atoms with Gasteiger partial charge in [0.2, 0.25) is 0 Å². The Morgan fingerprint density at radius 1 is 1.44 bits per heavy atom. The van der Waals surface area contributed by atoms with Gasteiger partial charge in [-0.25, -0.2) is 0 Å². The molecule has 0 spiro atoms. The van der Waals surface area contributed by atoms with Crippen molar-refractivity contribution in [2.45, 2.75) is 43.9 Å². The van der Waals surface area contributed by atoms with Crippen LogP contribution in [0.1, 0.15) is 43.4 Å². The van der Waals surface area contributed by atoms with E-state index in [1.165, 1.54) is 36.1 Å². The van der Waals surface area contributed by atoms with E-state index in [0.29, 0.717) is 5.25 Å². The van der Waals surface area contributed by atoms with E-state index in [1.807, 2.05) is 17.8 Å². The number of rotatable bonds is 5. The van der Waals surface area contributed by atoms with Gasteiger partial charge >= 0.3 is 0 Å². The Kier molecular flexibility index (Phi) is 4.95. The van der Waals surface area contributed by atoms with Gasteiger partial charge in [-0.2, -0.15) is 11.8 Å². The molecule has 0 saturated heterocycles. The summed E-state index contributed by atoms with van der Waals surface area (Å²) in [5.41, 5.74) is 9.09. The van der Waals surface area contributed by atoms with Crippen LogP contribution in [-0.2, 0) is 6.42 Å². The maximum absolute atomic E-state index is 6.40. The van der Waals surface area contributed by atoms with E-state index in [0.717, 1.165) is 12.2 Å². The molecule has 0 amide bonds. The Hall–Kier alpha value is -0.670. The summed E-state index contributed by atoms with van der Waals surface area (Å²) >= 11 is 2.05. The Bertz CT molecular complexity index is 394. The van der Waals surface area contributed by atoms with Crippen LogP contribution in [0.3, 0.4) is 0 Å². The van der Waals surface area contributed by atoms with Crippen molar-refractivity contribution in [1.82, 2.24) is 0 Å². The average molecular weight is 265 g/mol. The molecule has 0 saturated carbocycles. The minimum atomic E-state index is 0.182. The number of ether oxygens (including phenoxy) is 1. The zero-order valence-electron chi connectivity index (χ0n) is 11.3. The van der Waals surface area contributed by atoms with Gasteiger partial charge in [-0.15, -0.1) is 0 Å². The molecule has 0 fully saturated rings. The highest BCUT2D eigenvalue weighted by atomic mass is 32.2. The van der Waals surface area contributed by atoms with Crippen LogP contribution in [0.25, 0.3) is 0 Å². The lowest BCUT2D eigenvalue weighted by molar-refractivity contribution is 0.413. The summed E-state index contributed by atoms with van der Waals surface area (Å²) in [5, 5.41) is 0.581. The first-order valence-corrected chi connectivity index (χ1v) is 7.85. The first-order chi connectivity index (χ1) is 8.76. The van der Waals surface area contributed by atoms with Crippen LogP contribution >= 0.6 is 11.8 Å². The monoisotopic (exact) mass is 265 g/mol. The molecule has 0 aliphatic heterocycles. The van der Waals surface area contributed by atoms with Crippen molar-refractivity contribution in [1.29, 1.82) is 0 Å². The maximum Gasteiger partial charge on any atom is 0.119 e. The average Bonchev–Trinajstić information content (AvgIpc) is 2.41. The van der Waals surface area contributed by atoms with Gasteiger partial charge in [0.05, 0.1) is 7.11 Å². The predicted octanol–water partition coefficient (Wildman–Crippen LogP) is 3.54. The summed E-state index contributed by atoms with van der Waals surface area (Å²) in [5.74, 6) is 2.18. The number of hydrogen-bond donors (Lipinski definition) is 1.